The van der Waals surface area contributed by atoms with Crippen LogP contribution in [0.25, 0.3) is 0 Å². The molecule has 0 aliphatic carbocycles. The van der Waals surface area contributed by atoms with E-state index < -0.39 is 0 Å². The summed E-state index contributed by atoms with van der Waals surface area (Å²) in [6.45, 7) is 3.67. The van der Waals surface area contributed by atoms with Crippen LogP contribution in [0.2, 0.25) is 0 Å². The maximum Gasteiger partial charge on any atom is 0.244 e. The van der Waals surface area contributed by atoms with E-state index in [2.05, 4.69) is 5.32 Å². The zero-order valence-electron chi connectivity index (χ0n) is 10.1. The third-order valence-electron chi connectivity index (χ3n) is 3.41. The van der Waals surface area contributed by atoms with Crippen LogP contribution in [0, 0.1) is 0 Å². The fourth-order valence-electron chi connectivity index (χ4n) is 2.40. The first kappa shape index (κ1) is 12.7. The van der Waals surface area contributed by atoms with Crippen molar-refractivity contribution in [3.8, 4) is 0 Å². The van der Waals surface area contributed by atoms with E-state index in [1.54, 1.807) is 23.6 Å². The van der Waals surface area contributed by atoms with Crippen molar-refractivity contribution < 1.29 is 14.7 Å². The molecule has 96 valence electrons. The van der Waals surface area contributed by atoms with Crippen molar-refractivity contribution in [3.63, 3.8) is 0 Å². The Hall–Kier alpha value is -0.750. The van der Waals surface area contributed by atoms with Gasteiger partial charge in [0.2, 0.25) is 11.8 Å². The number of fused-ring (bicyclic) bond motifs is 1. The van der Waals surface area contributed by atoms with E-state index in [0.717, 1.165) is 6.42 Å². The van der Waals surface area contributed by atoms with Crippen LogP contribution >= 0.6 is 11.8 Å². The maximum absolute atomic E-state index is 12.0. The standard InChI is InChI=1S/C11H18N2O3S/c1-7(5-14)12-10(16)8-6-17-11(2)4-3-9(15)13(8)11/h7-8,14H,3-6H2,1-2H3,(H,12,16)/t7-,8?,11?/m0/s1. The number of nitrogens with zero attached hydrogens (tertiary/aromatic N) is 1. The minimum absolute atomic E-state index is 0.0642. The molecule has 0 aromatic heterocycles. The number of aliphatic hydroxyl groups excluding tert-OH is 1. The van der Waals surface area contributed by atoms with E-state index in [4.69, 9.17) is 5.11 Å². The highest BCUT2D eigenvalue weighted by Crippen LogP contribution is 2.47. The number of thioether (sulfide) groups is 1. The van der Waals surface area contributed by atoms with E-state index in [0.29, 0.717) is 12.2 Å². The SMILES string of the molecule is C[C@@H](CO)NC(=O)C1CSC2(C)CCC(=O)N12. The Bertz CT molecular complexity index is 350. The maximum atomic E-state index is 12.0. The number of amides is 2. The van der Waals surface area contributed by atoms with E-state index >= 15 is 0 Å². The fraction of sp³-hybridized carbons (Fsp3) is 0.818. The first-order valence-corrected chi connectivity index (χ1v) is 6.84. The van der Waals surface area contributed by atoms with Crippen molar-refractivity contribution in [2.75, 3.05) is 12.4 Å². The highest BCUT2D eigenvalue weighted by atomic mass is 32.2. The van der Waals surface area contributed by atoms with Gasteiger partial charge in [-0.1, -0.05) is 0 Å². The molecule has 0 aromatic rings. The van der Waals surface area contributed by atoms with Crippen LogP contribution < -0.4 is 5.32 Å². The number of nitrogens with one attached hydrogen (secondary N) is 1. The van der Waals surface area contributed by atoms with Crippen molar-refractivity contribution >= 4 is 23.6 Å². The Balaban J connectivity index is 2.07. The van der Waals surface area contributed by atoms with Crippen molar-refractivity contribution in [3.05, 3.63) is 0 Å². The van der Waals surface area contributed by atoms with Gasteiger partial charge in [0.1, 0.15) is 6.04 Å². The molecule has 0 bridgehead atoms. The second-order valence-electron chi connectivity index (χ2n) is 4.86. The highest BCUT2D eigenvalue weighted by Gasteiger charge is 2.52. The molecular weight excluding hydrogens is 240 g/mol. The lowest BCUT2D eigenvalue weighted by atomic mass is 10.2. The van der Waals surface area contributed by atoms with Crippen LogP contribution in [0.3, 0.4) is 0 Å². The summed E-state index contributed by atoms with van der Waals surface area (Å²) in [5.74, 6) is 0.555. The number of aliphatic hydroxyl groups is 1. The monoisotopic (exact) mass is 258 g/mol. The topological polar surface area (TPSA) is 69.6 Å². The van der Waals surface area contributed by atoms with Gasteiger partial charge in [-0.2, -0.15) is 0 Å². The smallest absolute Gasteiger partial charge is 0.244 e. The molecule has 2 heterocycles. The van der Waals surface area contributed by atoms with Gasteiger partial charge in [0, 0.05) is 18.2 Å². The number of rotatable bonds is 3. The van der Waals surface area contributed by atoms with Crippen molar-refractivity contribution in [2.24, 2.45) is 0 Å². The van der Waals surface area contributed by atoms with E-state index in [1.165, 1.54) is 0 Å². The van der Waals surface area contributed by atoms with Crippen molar-refractivity contribution in [1.82, 2.24) is 10.2 Å². The van der Waals surface area contributed by atoms with E-state index in [-0.39, 0.29) is 35.4 Å². The molecular formula is C11H18N2O3S. The third-order valence-corrected chi connectivity index (χ3v) is 4.92. The van der Waals surface area contributed by atoms with E-state index in [1.807, 2.05) is 6.92 Å². The normalized spacial score (nSPS) is 33.7. The van der Waals surface area contributed by atoms with Gasteiger partial charge in [0.15, 0.2) is 0 Å². The largest absolute Gasteiger partial charge is 0.394 e. The van der Waals surface area contributed by atoms with Gasteiger partial charge >= 0.3 is 0 Å². The second kappa shape index (κ2) is 4.49. The molecule has 0 aromatic carbocycles. The Labute approximate surface area is 105 Å². The molecule has 0 spiro atoms. The van der Waals surface area contributed by atoms with E-state index in [9.17, 15) is 9.59 Å². The zero-order chi connectivity index (χ0) is 12.6. The Morgan fingerprint density at radius 3 is 3.12 bits per heavy atom. The third kappa shape index (κ3) is 2.15. The summed E-state index contributed by atoms with van der Waals surface area (Å²) in [4.78, 5) is 25.3. The summed E-state index contributed by atoms with van der Waals surface area (Å²) < 4.78 is 0. The molecule has 2 unspecified atom stereocenters. The summed E-state index contributed by atoms with van der Waals surface area (Å²) >= 11 is 1.67. The molecule has 17 heavy (non-hydrogen) atoms. The van der Waals surface area contributed by atoms with Crippen molar-refractivity contribution in [1.29, 1.82) is 0 Å². The molecule has 2 aliphatic rings. The minimum atomic E-state index is -0.381. The summed E-state index contributed by atoms with van der Waals surface area (Å²) in [5, 5.41) is 11.6. The molecule has 5 nitrogen and oxygen atoms in total. The molecule has 2 saturated heterocycles. The zero-order valence-corrected chi connectivity index (χ0v) is 10.9. The van der Waals surface area contributed by atoms with Gasteiger partial charge in [-0.15, -0.1) is 11.8 Å². The predicted octanol–water partition coefficient (Wildman–Crippen LogP) is -0.0626. The van der Waals surface area contributed by atoms with Gasteiger partial charge in [-0.25, -0.2) is 0 Å². The van der Waals surface area contributed by atoms with Crippen LogP contribution in [0.4, 0.5) is 0 Å². The molecule has 3 atom stereocenters. The summed E-state index contributed by atoms with van der Waals surface area (Å²) in [6, 6.07) is -0.647. The van der Waals surface area contributed by atoms with Gasteiger partial charge in [-0.05, 0) is 20.3 Å². The van der Waals surface area contributed by atoms with Crippen LogP contribution in [0.1, 0.15) is 26.7 Å². The van der Waals surface area contributed by atoms with Crippen LogP contribution in [-0.4, -0.2) is 51.1 Å². The highest BCUT2D eigenvalue weighted by molar-refractivity contribution is 8.01. The lowest BCUT2D eigenvalue weighted by Crippen LogP contribution is -2.52. The Morgan fingerprint density at radius 2 is 2.47 bits per heavy atom. The average Bonchev–Trinajstić information content (AvgIpc) is 2.76. The summed E-state index contributed by atoms with van der Waals surface area (Å²) in [7, 11) is 0. The quantitative estimate of drug-likeness (QED) is 0.744. The van der Waals surface area contributed by atoms with Gasteiger partial charge < -0.3 is 15.3 Å². The van der Waals surface area contributed by atoms with Crippen LogP contribution in [-0.2, 0) is 9.59 Å². The van der Waals surface area contributed by atoms with Gasteiger partial charge in [0.05, 0.1) is 11.5 Å². The molecule has 0 radical (unpaired) electrons. The number of carbonyl (C=O) groups is 2. The van der Waals surface area contributed by atoms with Crippen LogP contribution in [0.5, 0.6) is 0 Å². The number of carbonyl (C=O) groups excluding carboxylic acids is 2. The van der Waals surface area contributed by atoms with Gasteiger partial charge in [0.25, 0.3) is 0 Å². The lowest BCUT2D eigenvalue weighted by Gasteiger charge is -2.30. The second-order valence-corrected chi connectivity index (χ2v) is 6.36. The molecule has 6 heteroatoms. The predicted molar refractivity (Wildman–Crippen MR) is 65.4 cm³/mol. The first-order chi connectivity index (χ1) is 7.98. The average molecular weight is 258 g/mol. The van der Waals surface area contributed by atoms with Crippen molar-refractivity contribution in [2.45, 2.75) is 43.6 Å². The Morgan fingerprint density at radius 1 is 1.76 bits per heavy atom. The van der Waals surface area contributed by atoms with Crippen LogP contribution in [0.15, 0.2) is 0 Å². The molecule has 2 N–H and O–H groups in total. The number of hydrogen-bond donors (Lipinski definition) is 2. The first-order valence-electron chi connectivity index (χ1n) is 5.85. The molecule has 2 amide bonds. The summed E-state index contributed by atoms with van der Waals surface area (Å²) in [5.41, 5.74) is 0. The summed E-state index contributed by atoms with van der Waals surface area (Å²) in [6.07, 6.45) is 1.35. The fourth-order valence-corrected chi connectivity index (χ4v) is 3.83. The minimum Gasteiger partial charge on any atom is -0.394 e. The van der Waals surface area contributed by atoms with Gasteiger partial charge in [-0.3, -0.25) is 9.59 Å². The number of hydrogen-bond acceptors (Lipinski definition) is 4. The molecule has 2 aliphatic heterocycles. The molecule has 2 fully saturated rings. The molecule has 0 saturated carbocycles. The lowest BCUT2D eigenvalue weighted by molar-refractivity contribution is -0.138. The Kier molecular flexibility index (Phi) is 3.36. The molecule has 2 rings (SSSR count).